The zero-order chi connectivity index (χ0) is 27.0. The number of anilines is 2. The highest BCUT2D eigenvalue weighted by molar-refractivity contribution is 9.10. The number of carbonyl (C=O) groups excluding carboxylic acids is 1. The van der Waals surface area contributed by atoms with E-state index in [2.05, 4.69) is 36.8 Å². The molecule has 0 bridgehead atoms. The summed E-state index contributed by atoms with van der Waals surface area (Å²) in [4.78, 5) is 17.2. The maximum absolute atomic E-state index is 12.6. The van der Waals surface area contributed by atoms with Crippen molar-refractivity contribution in [1.82, 2.24) is 10.4 Å². The first-order chi connectivity index (χ1) is 19.0. The Hall–Kier alpha value is -3.98. The molecule has 0 aliphatic heterocycles. The summed E-state index contributed by atoms with van der Waals surface area (Å²) in [6, 6.07) is 30.2. The summed E-state index contributed by atoms with van der Waals surface area (Å²) >= 11 is 10.9. The molecule has 0 unspecified atom stereocenters. The number of hydrogen-bond donors (Lipinski definition) is 2. The van der Waals surface area contributed by atoms with Crippen LogP contribution in [0.15, 0.2) is 112 Å². The molecule has 39 heavy (non-hydrogen) atoms. The number of nitrogens with one attached hydrogen (secondary N) is 2. The maximum atomic E-state index is 12.6. The minimum absolute atomic E-state index is 0.302. The highest BCUT2D eigenvalue weighted by Crippen LogP contribution is 2.28. The molecule has 0 aliphatic carbocycles. The normalized spacial score (nSPS) is 10.9. The molecule has 0 saturated carbocycles. The molecule has 0 spiro atoms. The van der Waals surface area contributed by atoms with Gasteiger partial charge in [-0.1, -0.05) is 63.9 Å². The van der Waals surface area contributed by atoms with Gasteiger partial charge in [0.2, 0.25) is 0 Å². The molecule has 2 N–H and O–H groups in total. The number of rotatable bonds is 9. The van der Waals surface area contributed by atoms with Crippen LogP contribution >= 0.6 is 38.9 Å². The molecule has 1 amide bonds. The third-order valence-electron chi connectivity index (χ3n) is 5.60. The number of thiazole rings is 1. The van der Waals surface area contributed by atoms with Crippen molar-refractivity contribution in [2.24, 2.45) is 5.10 Å². The van der Waals surface area contributed by atoms with Gasteiger partial charge in [-0.2, -0.15) is 5.10 Å². The maximum Gasteiger partial charge on any atom is 0.271 e. The minimum Gasteiger partial charge on any atom is -0.489 e. The lowest BCUT2D eigenvalue weighted by Gasteiger charge is -2.07. The second-order valence-corrected chi connectivity index (χ2v) is 10.6. The number of carbonyl (C=O) groups is 1. The third kappa shape index (κ3) is 7.54. The van der Waals surface area contributed by atoms with Crippen LogP contribution in [0.1, 0.15) is 21.5 Å². The molecule has 1 aromatic heterocycles. The summed E-state index contributed by atoms with van der Waals surface area (Å²) in [7, 11) is 0. The molecule has 0 aliphatic rings. The topological polar surface area (TPSA) is 75.6 Å². The third-order valence-corrected chi connectivity index (χ3v) is 7.14. The van der Waals surface area contributed by atoms with Crippen LogP contribution in [0.2, 0.25) is 5.02 Å². The number of aromatic nitrogens is 1. The number of hydrogen-bond acceptors (Lipinski definition) is 6. The monoisotopic (exact) mass is 616 g/mol. The van der Waals surface area contributed by atoms with Gasteiger partial charge < -0.3 is 10.1 Å². The van der Waals surface area contributed by atoms with Crippen molar-refractivity contribution in [3.8, 4) is 17.0 Å². The van der Waals surface area contributed by atoms with Crippen molar-refractivity contribution in [3.63, 3.8) is 0 Å². The Kier molecular flexibility index (Phi) is 8.68. The van der Waals surface area contributed by atoms with Gasteiger partial charge in [-0.15, -0.1) is 11.3 Å². The molecule has 0 saturated heterocycles. The first kappa shape index (κ1) is 26.6. The Morgan fingerprint density at radius 1 is 1.00 bits per heavy atom. The number of ether oxygens (including phenoxy) is 1. The number of hydrazone groups is 1. The summed E-state index contributed by atoms with van der Waals surface area (Å²) in [5, 5.41) is 10.8. The van der Waals surface area contributed by atoms with Crippen LogP contribution in [0, 0.1) is 0 Å². The summed E-state index contributed by atoms with van der Waals surface area (Å²) in [6.45, 7) is 0.460. The fourth-order valence-corrected chi connectivity index (χ4v) is 4.70. The van der Waals surface area contributed by atoms with Crippen LogP contribution in [0.5, 0.6) is 5.75 Å². The Bertz CT molecular complexity index is 1590. The molecule has 194 valence electrons. The smallest absolute Gasteiger partial charge is 0.271 e. The van der Waals surface area contributed by atoms with E-state index in [0.29, 0.717) is 17.2 Å². The molecule has 5 aromatic rings. The van der Waals surface area contributed by atoms with Crippen LogP contribution in [0.4, 0.5) is 10.8 Å². The number of benzene rings is 4. The van der Waals surface area contributed by atoms with Crippen molar-refractivity contribution in [2.75, 3.05) is 5.32 Å². The Labute approximate surface area is 243 Å². The molecule has 4 aromatic carbocycles. The summed E-state index contributed by atoms with van der Waals surface area (Å²) in [5.74, 6) is 0.418. The molecule has 5 rings (SSSR count). The van der Waals surface area contributed by atoms with E-state index in [1.807, 2.05) is 90.3 Å². The van der Waals surface area contributed by atoms with E-state index in [4.69, 9.17) is 16.3 Å². The van der Waals surface area contributed by atoms with E-state index >= 15 is 0 Å². The largest absolute Gasteiger partial charge is 0.489 e. The SMILES string of the molecule is O=C(N/N=C\c1cccc(OCc2ccc(Br)cc2)c1)c1ccc(-c2csc(Nc3ccc(Cl)cc3)n2)cc1. The highest BCUT2D eigenvalue weighted by Gasteiger charge is 2.08. The Morgan fingerprint density at radius 2 is 1.77 bits per heavy atom. The van der Waals surface area contributed by atoms with Crippen LogP contribution in [0.3, 0.4) is 0 Å². The molecule has 1 heterocycles. The molecular weight excluding hydrogens is 596 g/mol. The average Bonchev–Trinajstić information content (AvgIpc) is 3.43. The van der Waals surface area contributed by atoms with Crippen molar-refractivity contribution < 1.29 is 9.53 Å². The van der Waals surface area contributed by atoms with E-state index in [9.17, 15) is 4.79 Å². The lowest BCUT2D eigenvalue weighted by molar-refractivity contribution is 0.0955. The van der Waals surface area contributed by atoms with Crippen LogP contribution < -0.4 is 15.5 Å². The number of nitrogens with zero attached hydrogens (tertiary/aromatic N) is 2. The highest BCUT2D eigenvalue weighted by atomic mass is 79.9. The predicted octanol–water partition coefficient (Wildman–Crippen LogP) is 8.31. The Balaban J connectivity index is 1.14. The van der Waals surface area contributed by atoms with Crippen molar-refractivity contribution in [1.29, 1.82) is 0 Å². The van der Waals surface area contributed by atoms with Crippen molar-refractivity contribution in [3.05, 3.63) is 129 Å². The zero-order valence-electron chi connectivity index (χ0n) is 20.5. The van der Waals surface area contributed by atoms with E-state index in [1.165, 1.54) is 11.3 Å². The lowest BCUT2D eigenvalue weighted by atomic mass is 10.1. The summed E-state index contributed by atoms with van der Waals surface area (Å²) in [6.07, 6.45) is 1.59. The fraction of sp³-hybridized carbons (Fsp3) is 0.0333. The van der Waals surface area contributed by atoms with Gasteiger partial charge in [0.1, 0.15) is 12.4 Å². The van der Waals surface area contributed by atoms with E-state index < -0.39 is 0 Å². The van der Waals surface area contributed by atoms with E-state index in [1.54, 1.807) is 18.3 Å². The van der Waals surface area contributed by atoms with Gasteiger partial charge in [-0.05, 0) is 71.8 Å². The zero-order valence-corrected chi connectivity index (χ0v) is 23.6. The minimum atomic E-state index is -0.302. The molecule has 0 radical (unpaired) electrons. The van der Waals surface area contributed by atoms with Gasteiger partial charge in [-0.25, -0.2) is 10.4 Å². The van der Waals surface area contributed by atoms with Gasteiger partial charge in [0.05, 0.1) is 11.9 Å². The lowest BCUT2D eigenvalue weighted by Crippen LogP contribution is -2.17. The molecule has 0 fully saturated rings. The van der Waals surface area contributed by atoms with Crippen LogP contribution in [0.25, 0.3) is 11.3 Å². The quantitative estimate of drug-likeness (QED) is 0.129. The first-order valence-electron chi connectivity index (χ1n) is 11.9. The second kappa shape index (κ2) is 12.7. The summed E-state index contributed by atoms with van der Waals surface area (Å²) < 4.78 is 6.90. The van der Waals surface area contributed by atoms with Crippen LogP contribution in [-0.4, -0.2) is 17.1 Å². The molecular formula is C30H22BrClN4O2S. The second-order valence-electron chi connectivity index (χ2n) is 8.43. The number of amides is 1. The van der Waals surface area contributed by atoms with Gasteiger partial charge >= 0.3 is 0 Å². The van der Waals surface area contributed by atoms with Gasteiger partial charge in [0.25, 0.3) is 5.91 Å². The molecule has 9 heteroatoms. The number of halogens is 2. The first-order valence-corrected chi connectivity index (χ1v) is 14.0. The molecule has 0 atom stereocenters. The van der Waals surface area contributed by atoms with E-state index in [-0.39, 0.29) is 5.91 Å². The van der Waals surface area contributed by atoms with Crippen molar-refractivity contribution >= 4 is 61.8 Å². The van der Waals surface area contributed by atoms with Crippen molar-refractivity contribution in [2.45, 2.75) is 6.61 Å². The summed E-state index contributed by atoms with van der Waals surface area (Å²) in [5.41, 5.74) is 7.60. The van der Waals surface area contributed by atoms with Gasteiger partial charge in [0, 0.05) is 31.7 Å². The van der Waals surface area contributed by atoms with Crippen LogP contribution in [-0.2, 0) is 6.61 Å². The Morgan fingerprint density at radius 3 is 2.54 bits per heavy atom. The predicted molar refractivity (Wildman–Crippen MR) is 162 cm³/mol. The van der Waals surface area contributed by atoms with Gasteiger partial charge in [-0.3, -0.25) is 4.79 Å². The fourth-order valence-electron chi connectivity index (χ4n) is 3.57. The van der Waals surface area contributed by atoms with E-state index in [0.717, 1.165) is 43.4 Å². The van der Waals surface area contributed by atoms with Gasteiger partial charge in [0.15, 0.2) is 5.13 Å². The standard InChI is InChI=1S/C30H22BrClN4O2S/c31-24-10-4-20(5-11-24)18-38-27-3-1-2-21(16-27)17-33-36-29(37)23-8-6-22(7-9-23)28-19-39-30(35-28)34-26-14-12-25(32)13-15-26/h1-17,19H,18H2,(H,34,35)(H,36,37)/b33-17-. The average molecular weight is 618 g/mol. The molecule has 6 nitrogen and oxygen atoms in total.